The van der Waals surface area contributed by atoms with E-state index in [1.165, 1.54) is 0 Å². The van der Waals surface area contributed by atoms with Gasteiger partial charge in [-0.05, 0) is 42.2 Å². The monoisotopic (exact) mass is 484 g/mol. The predicted octanol–water partition coefficient (Wildman–Crippen LogP) is 3.74. The Balaban J connectivity index is 1.27. The van der Waals surface area contributed by atoms with Crippen molar-refractivity contribution in [1.29, 1.82) is 0 Å². The van der Waals surface area contributed by atoms with Crippen molar-refractivity contribution in [3.63, 3.8) is 0 Å². The van der Waals surface area contributed by atoms with Crippen molar-refractivity contribution < 1.29 is 19.1 Å². The molecule has 1 saturated carbocycles. The molecule has 1 aliphatic carbocycles. The molecule has 1 aromatic heterocycles. The number of nitrogens with zero attached hydrogens (tertiary/aromatic N) is 1. The molecule has 33 heavy (non-hydrogen) atoms. The SMILES string of the molecule is O=C1NOC[C@@H]1NC(c1cnc(NC2(c3ccc4c(c3)OCO4)CC2)s1)c1ccccc1Cl. The fourth-order valence-electron chi connectivity index (χ4n) is 4.19. The van der Waals surface area contributed by atoms with Crippen LogP contribution in [0.25, 0.3) is 0 Å². The molecule has 3 N–H and O–H groups in total. The van der Waals surface area contributed by atoms with Crippen molar-refractivity contribution in [1.82, 2.24) is 15.8 Å². The second-order valence-corrected chi connectivity index (χ2v) is 9.76. The molecule has 0 spiro atoms. The van der Waals surface area contributed by atoms with Crippen LogP contribution in [0.5, 0.6) is 11.5 Å². The summed E-state index contributed by atoms with van der Waals surface area (Å²) in [5, 5.41) is 8.44. The van der Waals surface area contributed by atoms with E-state index in [0.29, 0.717) is 5.02 Å². The minimum Gasteiger partial charge on any atom is -0.454 e. The molecule has 1 unspecified atom stereocenters. The summed E-state index contributed by atoms with van der Waals surface area (Å²) >= 11 is 8.06. The molecule has 170 valence electrons. The number of carbonyl (C=O) groups excluding carboxylic acids is 1. The van der Waals surface area contributed by atoms with Gasteiger partial charge in [0.25, 0.3) is 5.91 Å². The van der Waals surface area contributed by atoms with Gasteiger partial charge in [0.15, 0.2) is 16.6 Å². The highest BCUT2D eigenvalue weighted by Crippen LogP contribution is 2.51. The van der Waals surface area contributed by atoms with E-state index in [4.69, 9.17) is 25.9 Å². The van der Waals surface area contributed by atoms with Crippen molar-refractivity contribution in [2.24, 2.45) is 0 Å². The van der Waals surface area contributed by atoms with Crippen LogP contribution >= 0.6 is 22.9 Å². The highest BCUT2D eigenvalue weighted by Gasteiger charge is 2.45. The van der Waals surface area contributed by atoms with Crippen molar-refractivity contribution in [2.45, 2.75) is 30.5 Å². The molecule has 0 bridgehead atoms. The minimum atomic E-state index is -0.479. The molecule has 2 aliphatic heterocycles. The summed E-state index contributed by atoms with van der Waals surface area (Å²) in [5.74, 6) is 1.36. The van der Waals surface area contributed by atoms with Gasteiger partial charge in [-0.3, -0.25) is 14.9 Å². The zero-order chi connectivity index (χ0) is 22.4. The van der Waals surface area contributed by atoms with Crippen molar-refractivity contribution in [3.05, 3.63) is 69.7 Å². The van der Waals surface area contributed by atoms with E-state index in [0.717, 1.165) is 45.5 Å². The number of benzene rings is 2. The maximum Gasteiger partial charge on any atom is 0.263 e. The van der Waals surface area contributed by atoms with Gasteiger partial charge >= 0.3 is 0 Å². The third kappa shape index (κ3) is 3.91. The van der Waals surface area contributed by atoms with Gasteiger partial charge in [0, 0.05) is 16.1 Å². The van der Waals surface area contributed by atoms with Gasteiger partial charge in [0.05, 0.1) is 18.2 Å². The van der Waals surface area contributed by atoms with Crippen molar-refractivity contribution >= 4 is 34.0 Å². The van der Waals surface area contributed by atoms with Crippen LogP contribution in [-0.2, 0) is 15.2 Å². The third-order valence-electron chi connectivity index (χ3n) is 6.15. The van der Waals surface area contributed by atoms with Crippen LogP contribution in [0.1, 0.15) is 34.9 Å². The number of nitrogens with one attached hydrogen (secondary N) is 3. The number of thiazole rings is 1. The van der Waals surface area contributed by atoms with Gasteiger partial charge in [-0.1, -0.05) is 35.9 Å². The van der Waals surface area contributed by atoms with Crippen LogP contribution in [0.2, 0.25) is 5.02 Å². The summed E-state index contributed by atoms with van der Waals surface area (Å²) in [6.07, 6.45) is 3.85. The van der Waals surface area contributed by atoms with E-state index in [1.54, 1.807) is 11.3 Å². The van der Waals surface area contributed by atoms with Crippen LogP contribution in [-0.4, -0.2) is 30.3 Å². The largest absolute Gasteiger partial charge is 0.454 e. The first-order chi connectivity index (χ1) is 16.1. The predicted molar refractivity (Wildman–Crippen MR) is 124 cm³/mol. The Morgan fingerprint density at radius 3 is 2.82 bits per heavy atom. The Morgan fingerprint density at radius 1 is 1.18 bits per heavy atom. The van der Waals surface area contributed by atoms with Crippen molar-refractivity contribution in [2.75, 3.05) is 18.7 Å². The first-order valence-corrected chi connectivity index (χ1v) is 11.9. The van der Waals surface area contributed by atoms with Gasteiger partial charge in [0.1, 0.15) is 6.04 Å². The number of carbonyl (C=O) groups is 1. The molecule has 2 aromatic carbocycles. The molecular weight excluding hydrogens is 464 g/mol. The molecule has 0 radical (unpaired) electrons. The Bertz CT molecular complexity index is 1210. The number of aromatic nitrogens is 1. The summed E-state index contributed by atoms with van der Waals surface area (Å²) in [7, 11) is 0. The minimum absolute atomic E-state index is 0.164. The number of rotatable bonds is 7. The van der Waals surface area contributed by atoms with Gasteiger partial charge in [-0.2, -0.15) is 0 Å². The number of anilines is 1. The lowest BCUT2D eigenvalue weighted by molar-refractivity contribution is -0.125. The molecule has 8 nitrogen and oxygen atoms in total. The van der Waals surface area contributed by atoms with Gasteiger partial charge in [0.2, 0.25) is 6.79 Å². The fraction of sp³-hybridized carbons (Fsp3) is 0.304. The van der Waals surface area contributed by atoms with Gasteiger partial charge in [-0.25, -0.2) is 10.5 Å². The molecule has 10 heteroatoms. The first kappa shape index (κ1) is 20.7. The maximum atomic E-state index is 12.1. The standard InChI is InChI=1S/C23H21ClN4O4S/c24-15-4-2-1-3-14(15)20(26-16-11-32-28-21(16)29)19-10-25-22(33-19)27-23(7-8-23)13-5-6-17-18(9-13)31-12-30-17/h1-6,9-10,16,20,26H,7-8,11-12H2,(H,25,27)(H,28,29)/t16-,20?/m0/s1. The van der Waals surface area contributed by atoms with Crippen LogP contribution in [0.3, 0.4) is 0 Å². The number of amides is 1. The van der Waals surface area contributed by atoms with E-state index in [9.17, 15) is 4.79 Å². The Hall–Kier alpha value is -2.85. The average Bonchev–Trinajstić information content (AvgIpc) is 3.15. The second kappa shape index (κ2) is 8.18. The molecule has 3 heterocycles. The van der Waals surface area contributed by atoms with Crippen LogP contribution < -0.4 is 25.6 Å². The molecule has 1 saturated heterocycles. The van der Waals surface area contributed by atoms with Crippen LogP contribution in [0.15, 0.2) is 48.7 Å². The number of hydroxylamine groups is 1. The Morgan fingerprint density at radius 2 is 2.03 bits per heavy atom. The van der Waals surface area contributed by atoms with E-state index in [2.05, 4.69) is 27.2 Å². The molecule has 6 rings (SSSR count). The Kier molecular flexibility index (Phi) is 5.14. The lowest BCUT2D eigenvalue weighted by Crippen LogP contribution is -2.40. The van der Waals surface area contributed by atoms with Crippen LogP contribution in [0.4, 0.5) is 5.13 Å². The number of hydrogen-bond acceptors (Lipinski definition) is 8. The molecule has 3 aliphatic rings. The summed E-state index contributed by atoms with van der Waals surface area (Å²) < 4.78 is 11.0. The van der Waals surface area contributed by atoms with E-state index < -0.39 is 6.04 Å². The van der Waals surface area contributed by atoms with Crippen molar-refractivity contribution in [3.8, 4) is 11.5 Å². The average molecular weight is 485 g/mol. The highest BCUT2D eigenvalue weighted by molar-refractivity contribution is 7.15. The lowest BCUT2D eigenvalue weighted by Gasteiger charge is -2.21. The van der Waals surface area contributed by atoms with Crippen LogP contribution in [0, 0.1) is 0 Å². The highest BCUT2D eigenvalue weighted by atomic mass is 35.5. The quantitative estimate of drug-likeness (QED) is 0.470. The second-order valence-electron chi connectivity index (χ2n) is 8.29. The zero-order valence-corrected chi connectivity index (χ0v) is 19.0. The molecule has 3 aromatic rings. The van der Waals surface area contributed by atoms with E-state index >= 15 is 0 Å². The van der Waals surface area contributed by atoms with E-state index in [-0.39, 0.29) is 30.9 Å². The Labute approximate surface area is 199 Å². The summed E-state index contributed by atoms with van der Waals surface area (Å²) in [6, 6.07) is 12.9. The number of hydrogen-bond donors (Lipinski definition) is 3. The smallest absolute Gasteiger partial charge is 0.263 e. The molecular formula is C23H21ClN4O4S. The first-order valence-electron chi connectivity index (χ1n) is 10.7. The molecule has 1 amide bonds. The van der Waals surface area contributed by atoms with Gasteiger partial charge < -0.3 is 14.8 Å². The van der Waals surface area contributed by atoms with E-state index in [1.807, 2.05) is 42.6 Å². The topological polar surface area (TPSA) is 93.7 Å². The number of ether oxygens (including phenoxy) is 2. The lowest BCUT2D eigenvalue weighted by atomic mass is 10.0. The number of fused-ring (bicyclic) bond motifs is 1. The maximum absolute atomic E-state index is 12.1. The zero-order valence-electron chi connectivity index (χ0n) is 17.5. The summed E-state index contributed by atoms with van der Waals surface area (Å²) in [6.45, 7) is 0.506. The fourth-order valence-corrected chi connectivity index (χ4v) is 5.43. The van der Waals surface area contributed by atoms with Gasteiger partial charge in [-0.15, -0.1) is 11.3 Å². The summed E-state index contributed by atoms with van der Waals surface area (Å²) in [5.41, 5.74) is 4.27. The molecule has 2 fully saturated rings. The third-order valence-corrected chi connectivity index (χ3v) is 7.47. The number of halogens is 1. The summed E-state index contributed by atoms with van der Waals surface area (Å²) in [4.78, 5) is 22.8. The normalized spacial score (nSPS) is 21.0. The molecule has 2 atom stereocenters.